The van der Waals surface area contributed by atoms with E-state index in [1.807, 2.05) is 39.0 Å². The van der Waals surface area contributed by atoms with Gasteiger partial charge in [-0.25, -0.2) is 9.18 Å². The zero-order valence-electron chi connectivity index (χ0n) is 25.5. The van der Waals surface area contributed by atoms with Gasteiger partial charge in [0, 0.05) is 13.1 Å². The number of halogens is 1. The van der Waals surface area contributed by atoms with Gasteiger partial charge in [-0.1, -0.05) is 89.6 Å². The van der Waals surface area contributed by atoms with Gasteiger partial charge in [0.15, 0.2) is 11.7 Å². The Morgan fingerprint density at radius 2 is 1.55 bits per heavy atom. The minimum Gasteiger partial charge on any atom is -0.445 e. The van der Waals surface area contributed by atoms with Gasteiger partial charge in [0.1, 0.15) is 25.9 Å². The molecule has 0 aromatic heterocycles. The number of carbonyl (C=O) groups excluding carboxylic acids is 4. The van der Waals surface area contributed by atoms with Crippen molar-refractivity contribution >= 4 is 29.7 Å². The average Bonchev–Trinajstić information content (AvgIpc) is 3.53. The molecule has 1 atom stereocenters. The third kappa shape index (κ3) is 18.6. The van der Waals surface area contributed by atoms with Crippen LogP contribution in [0.15, 0.2) is 35.3 Å². The van der Waals surface area contributed by atoms with Crippen LogP contribution in [-0.2, 0) is 25.7 Å². The zero-order valence-corrected chi connectivity index (χ0v) is 25.5. The molecule has 0 radical (unpaired) electrons. The second kappa shape index (κ2) is 25.0. The third-order valence-corrected chi connectivity index (χ3v) is 6.10. The highest BCUT2D eigenvalue weighted by Crippen LogP contribution is 2.17. The van der Waals surface area contributed by atoms with Gasteiger partial charge in [0.2, 0.25) is 11.8 Å². The summed E-state index contributed by atoms with van der Waals surface area (Å²) in [4.78, 5) is 52.1. The number of likely N-dealkylation sites (tertiary alicyclic amines) is 1. The summed E-state index contributed by atoms with van der Waals surface area (Å²) < 4.78 is 17.2. The van der Waals surface area contributed by atoms with Gasteiger partial charge in [0.25, 0.3) is 0 Å². The molecule has 1 aliphatic heterocycles. The molecule has 12 heteroatoms. The standard InChI is InChI=1S/C18H22FN3O5.C6H12.C4H11N3.C2H6/c19-9-14(23)10-20-17(25)15-7-4-8-22(15)16(24)11-21-18(26)27-12-13-5-2-1-3-6-13;1-2-4-6-5-3-1;1-2-3-7-4(5)6;1-2/h1-3,5-6,15H,4,7-12H2,(H,20,25)(H,21,26);1-6H2;2-3H2,1H3,(H4,5,6,7);1-2H3. The zero-order chi connectivity index (χ0) is 31.6. The van der Waals surface area contributed by atoms with Crippen molar-refractivity contribution in [3.05, 3.63) is 35.9 Å². The number of ketones is 1. The lowest BCUT2D eigenvalue weighted by molar-refractivity contribution is -0.138. The van der Waals surface area contributed by atoms with Gasteiger partial charge >= 0.3 is 6.09 Å². The number of Topliss-reactive ketones (excluding diaryl/α,β-unsaturated/α-hetero) is 1. The Balaban J connectivity index is 0.000000914. The summed E-state index contributed by atoms with van der Waals surface area (Å²) in [5.41, 5.74) is 10.8. The van der Waals surface area contributed by atoms with Gasteiger partial charge in [-0.2, -0.15) is 0 Å². The fourth-order valence-electron chi connectivity index (χ4n) is 4.01. The number of nitrogens with two attached hydrogens (primary N) is 2. The molecule has 1 aromatic carbocycles. The molecule has 11 nitrogen and oxygen atoms in total. The molecule has 238 valence electrons. The van der Waals surface area contributed by atoms with Gasteiger partial charge in [0.05, 0.1) is 6.54 Å². The van der Waals surface area contributed by atoms with Gasteiger partial charge in [-0.05, 0) is 24.8 Å². The molecule has 1 aliphatic carbocycles. The van der Waals surface area contributed by atoms with Crippen LogP contribution in [0.2, 0.25) is 0 Å². The Hall–Kier alpha value is -3.70. The Morgan fingerprint density at radius 1 is 0.952 bits per heavy atom. The van der Waals surface area contributed by atoms with E-state index in [1.165, 1.54) is 43.4 Å². The van der Waals surface area contributed by atoms with Crippen LogP contribution in [0.1, 0.15) is 84.1 Å². The number of hydrogen-bond acceptors (Lipinski definition) is 6. The summed E-state index contributed by atoms with van der Waals surface area (Å²) in [6.45, 7) is 5.35. The molecule has 3 amide bonds. The van der Waals surface area contributed by atoms with Crippen LogP contribution in [0.5, 0.6) is 0 Å². The lowest BCUT2D eigenvalue weighted by atomic mass is 10.0. The quantitative estimate of drug-likeness (QED) is 0.237. The van der Waals surface area contributed by atoms with Crippen LogP contribution in [0.25, 0.3) is 0 Å². The average molecular weight is 595 g/mol. The highest BCUT2D eigenvalue weighted by molar-refractivity contribution is 5.92. The molecule has 1 heterocycles. The molecule has 0 bridgehead atoms. The monoisotopic (exact) mass is 594 g/mol. The normalized spacial score (nSPS) is 15.1. The molecule has 2 aliphatic rings. The van der Waals surface area contributed by atoms with E-state index in [2.05, 4.69) is 15.6 Å². The van der Waals surface area contributed by atoms with E-state index in [9.17, 15) is 23.6 Å². The van der Waals surface area contributed by atoms with Crippen molar-refractivity contribution in [3.8, 4) is 0 Å². The Kier molecular flexibility index (Phi) is 22.8. The first-order valence-electron chi connectivity index (χ1n) is 14.9. The van der Waals surface area contributed by atoms with Gasteiger partial charge < -0.3 is 31.7 Å². The summed E-state index contributed by atoms with van der Waals surface area (Å²) >= 11 is 0. The van der Waals surface area contributed by atoms with Crippen LogP contribution in [0.3, 0.4) is 0 Å². The van der Waals surface area contributed by atoms with Crippen LogP contribution in [0, 0.1) is 0 Å². The van der Waals surface area contributed by atoms with Crippen molar-refractivity contribution in [1.29, 1.82) is 0 Å². The summed E-state index contributed by atoms with van der Waals surface area (Å²) in [7, 11) is 0. The molecule has 42 heavy (non-hydrogen) atoms. The van der Waals surface area contributed by atoms with Crippen LogP contribution in [-0.4, -0.2) is 73.4 Å². The number of hydrogen-bond donors (Lipinski definition) is 4. The van der Waals surface area contributed by atoms with Gasteiger partial charge in [-0.3, -0.25) is 19.4 Å². The molecule has 1 aromatic rings. The van der Waals surface area contributed by atoms with E-state index < -0.39 is 43.0 Å². The molecule has 3 rings (SSSR count). The first kappa shape index (κ1) is 38.3. The van der Waals surface area contributed by atoms with Crippen molar-refractivity contribution in [1.82, 2.24) is 15.5 Å². The summed E-state index contributed by atoms with van der Waals surface area (Å²) in [6.07, 6.45) is 10.3. The van der Waals surface area contributed by atoms with E-state index in [0.717, 1.165) is 18.5 Å². The van der Waals surface area contributed by atoms with E-state index in [4.69, 9.17) is 16.2 Å². The summed E-state index contributed by atoms with van der Waals surface area (Å²) in [6, 6.07) is 8.36. The molecular weight excluding hydrogens is 543 g/mol. The predicted molar refractivity (Wildman–Crippen MR) is 163 cm³/mol. The number of alkyl halides is 1. The molecule has 0 spiro atoms. The number of nitrogens with one attached hydrogen (secondary N) is 2. The van der Waals surface area contributed by atoms with Crippen molar-refractivity contribution in [3.63, 3.8) is 0 Å². The maximum Gasteiger partial charge on any atom is 0.407 e. The molecule has 2 fully saturated rings. The highest BCUT2D eigenvalue weighted by Gasteiger charge is 2.34. The number of alkyl carbamates (subject to hydrolysis) is 1. The largest absolute Gasteiger partial charge is 0.445 e. The first-order chi connectivity index (χ1) is 20.3. The van der Waals surface area contributed by atoms with E-state index in [1.54, 1.807) is 12.1 Å². The third-order valence-electron chi connectivity index (χ3n) is 6.10. The van der Waals surface area contributed by atoms with E-state index in [-0.39, 0.29) is 19.1 Å². The smallest absolute Gasteiger partial charge is 0.407 e. The van der Waals surface area contributed by atoms with E-state index in [0.29, 0.717) is 19.4 Å². The maximum absolute atomic E-state index is 12.3. The molecular formula is C30H51FN6O5. The Morgan fingerprint density at radius 3 is 2.05 bits per heavy atom. The number of rotatable bonds is 10. The molecule has 1 saturated heterocycles. The summed E-state index contributed by atoms with van der Waals surface area (Å²) in [5.74, 6) is -1.49. The number of aliphatic imine (C=N–C) groups is 1. The van der Waals surface area contributed by atoms with Crippen molar-refractivity contribution in [2.75, 3.05) is 32.9 Å². The number of benzene rings is 1. The topological polar surface area (TPSA) is 169 Å². The van der Waals surface area contributed by atoms with Crippen molar-refractivity contribution in [2.24, 2.45) is 16.5 Å². The highest BCUT2D eigenvalue weighted by atomic mass is 19.1. The SMILES string of the molecule is C1CCCCC1.CC.CCCN=C(N)N.O=C(CF)CNC(=O)C1CCCN1C(=O)CNC(=O)OCc1ccccc1. The number of nitrogens with zero attached hydrogens (tertiary/aromatic N) is 2. The van der Waals surface area contributed by atoms with Crippen molar-refractivity contribution < 1.29 is 28.3 Å². The fourth-order valence-corrected chi connectivity index (χ4v) is 4.01. The van der Waals surface area contributed by atoms with Gasteiger partial charge in [-0.15, -0.1) is 0 Å². The first-order valence-corrected chi connectivity index (χ1v) is 14.9. The minimum atomic E-state index is -1.15. The second-order valence-electron chi connectivity index (χ2n) is 9.48. The predicted octanol–water partition coefficient (Wildman–Crippen LogP) is 3.60. The summed E-state index contributed by atoms with van der Waals surface area (Å²) in [5, 5.41) is 4.69. The van der Waals surface area contributed by atoms with E-state index >= 15 is 0 Å². The minimum absolute atomic E-state index is 0.0816. The van der Waals surface area contributed by atoms with Crippen LogP contribution < -0.4 is 22.1 Å². The van der Waals surface area contributed by atoms with Crippen LogP contribution >= 0.6 is 0 Å². The number of carbonyl (C=O) groups is 4. The number of amides is 3. The molecule has 1 saturated carbocycles. The van der Waals surface area contributed by atoms with Crippen LogP contribution in [0.4, 0.5) is 9.18 Å². The second-order valence-corrected chi connectivity index (χ2v) is 9.48. The Bertz CT molecular complexity index is 913. The number of ether oxygens (including phenoxy) is 1. The lowest BCUT2D eigenvalue weighted by Crippen LogP contribution is -2.49. The molecule has 6 N–H and O–H groups in total. The fraction of sp³-hybridized carbons (Fsp3) is 0.633. The Labute approximate surface area is 250 Å². The van der Waals surface area contributed by atoms with Crippen molar-refractivity contribution in [2.45, 2.75) is 91.2 Å². The molecule has 1 unspecified atom stereocenters. The lowest BCUT2D eigenvalue weighted by Gasteiger charge is -2.23. The number of guanidine groups is 1. The maximum atomic E-state index is 12.3.